The molecule has 1 N–H and O–H groups in total. The van der Waals surface area contributed by atoms with Crippen molar-refractivity contribution in [2.75, 3.05) is 45.1 Å². The number of benzene rings is 3. The van der Waals surface area contributed by atoms with Crippen molar-refractivity contribution in [3.8, 4) is 28.6 Å². The fourth-order valence-corrected chi connectivity index (χ4v) is 3.84. The zero-order chi connectivity index (χ0) is 26.2. The van der Waals surface area contributed by atoms with Crippen molar-refractivity contribution >= 4 is 17.3 Å². The lowest BCUT2D eigenvalue weighted by Gasteiger charge is -2.13. The zero-order valence-electron chi connectivity index (χ0n) is 21.5. The number of carbonyl (C=O) groups is 1. The number of rotatable bonds is 10. The van der Waals surface area contributed by atoms with Crippen LogP contribution < -0.4 is 24.4 Å². The summed E-state index contributed by atoms with van der Waals surface area (Å²) in [5.74, 6) is 1.76. The first-order valence-corrected chi connectivity index (χ1v) is 12.0. The van der Waals surface area contributed by atoms with E-state index in [1.807, 2.05) is 104 Å². The van der Waals surface area contributed by atoms with Gasteiger partial charge in [0.15, 0.2) is 11.5 Å². The van der Waals surface area contributed by atoms with Crippen LogP contribution in [0.1, 0.15) is 15.9 Å². The number of aromatic nitrogens is 1. The van der Waals surface area contributed by atoms with Gasteiger partial charge >= 0.3 is 0 Å². The second kappa shape index (κ2) is 11.9. The summed E-state index contributed by atoms with van der Waals surface area (Å²) < 4.78 is 16.6. The Morgan fingerprint density at radius 3 is 2.35 bits per heavy atom. The molecule has 0 aliphatic rings. The van der Waals surface area contributed by atoms with E-state index >= 15 is 0 Å². The smallest absolute Gasteiger partial charge is 0.255 e. The topological polar surface area (TPSA) is 72.9 Å². The molecule has 0 unspecified atom stereocenters. The average Bonchev–Trinajstić information content (AvgIpc) is 2.93. The molecule has 0 saturated heterocycles. The van der Waals surface area contributed by atoms with Gasteiger partial charge in [-0.3, -0.25) is 4.79 Å². The number of nitrogens with zero attached hydrogens (tertiary/aromatic N) is 2. The van der Waals surface area contributed by atoms with Gasteiger partial charge < -0.3 is 24.4 Å². The minimum absolute atomic E-state index is 0.164. The van der Waals surface area contributed by atoms with Gasteiger partial charge in [-0.2, -0.15) is 0 Å². The Labute approximate surface area is 217 Å². The van der Waals surface area contributed by atoms with Gasteiger partial charge in [0.2, 0.25) is 5.88 Å². The lowest BCUT2D eigenvalue weighted by atomic mass is 10.1. The SMILES string of the molecule is COc1ccc(CCOc2cccc(-c3cccc(NC(=O)c4ccc(N(C)C)cc4)c3)n2)cc1OC. The summed E-state index contributed by atoms with van der Waals surface area (Å²) in [6, 6.07) is 26.6. The molecule has 190 valence electrons. The minimum atomic E-state index is -0.164. The molecule has 3 aromatic carbocycles. The van der Waals surface area contributed by atoms with Crippen LogP contribution in [-0.4, -0.2) is 45.8 Å². The molecule has 4 aromatic rings. The Morgan fingerprint density at radius 2 is 1.62 bits per heavy atom. The summed E-state index contributed by atoms with van der Waals surface area (Å²) >= 11 is 0. The van der Waals surface area contributed by atoms with E-state index in [1.54, 1.807) is 14.2 Å². The maximum Gasteiger partial charge on any atom is 0.255 e. The summed E-state index contributed by atoms with van der Waals surface area (Å²) in [5.41, 5.74) is 5.05. The monoisotopic (exact) mass is 497 g/mol. The molecule has 0 fully saturated rings. The fourth-order valence-electron chi connectivity index (χ4n) is 3.84. The molecule has 0 atom stereocenters. The first kappa shape index (κ1) is 25.6. The molecule has 1 amide bonds. The van der Waals surface area contributed by atoms with Crippen LogP contribution in [0.5, 0.6) is 17.4 Å². The number of nitrogens with one attached hydrogen (secondary N) is 1. The summed E-state index contributed by atoms with van der Waals surface area (Å²) in [7, 11) is 7.17. The number of methoxy groups -OCH3 is 2. The average molecular weight is 498 g/mol. The van der Waals surface area contributed by atoms with Crippen LogP contribution in [0.15, 0.2) is 84.9 Å². The Kier molecular flexibility index (Phi) is 8.26. The summed E-state index contributed by atoms with van der Waals surface area (Å²) in [6.07, 6.45) is 0.698. The molecule has 0 aliphatic heterocycles. The Balaban J connectivity index is 1.39. The van der Waals surface area contributed by atoms with Crippen LogP contribution in [0, 0.1) is 0 Å². The highest BCUT2D eigenvalue weighted by atomic mass is 16.5. The lowest BCUT2D eigenvalue weighted by molar-refractivity contribution is 0.102. The lowest BCUT2D eigenvalue weighted by Crippen LogP contribution is -2.13. The second-order valence-corrected chi connectivity index (χ2v) is 8.63. The van der Waals surface area contributed by atoms with Crippen LogP contribution in [0.3, 0.4) is 0 Å². The molecule has 37 heavy (non-hydrogen) atoms. The van der Waals surface area contributed by atoms with Gasteiger partial charge in [0.05, 0.1) is 26.5 Å². The second-order valence-electron chi connectivity index (χ2n) is 8.63. The summed E-state index contributed by atoms with van der Waals surface area (Å²) in [4.78, 5) is 19.4. The Hall–Kier alpha value is -4.52. The largest absolute Gasteiger partial charge is 0.493 e. The van der Waals surface area contributed by atoms with E-state index in [4.69, 9.17) is 14.2 Å². The molecular weight excluding hydrogens is 466 g/mol. The third-order valence-electron chi connectivity index (χ3n) is 5.87. The normalized spacial score (nSPS) is 10.5. The van der Waals surface area contributed by atoms with Crippen molar-refractivity contribution in [3.05, 3.63) is 96.1 Å². The first-order chi connectivity index (χ1) is 18.0. The number of anilines is 2. The van der Waals surface area contributed by atoms with Crippen molar-refractivity contribution in [2.24, 2.45) is 0 Å². The fraction of sp³-hybridized carbons (Fsp3) is 0.200. The quantitative estimate of drug-likeness (QED) is 0.303. The van der Waals surface area contributed by atoms with Crippen LogP contribution in [0.25, 0.3) is 11.3 Å². The molecule has 1 heterocycles. The van der Waals surface area contributed by atoms with Gasteiger partial charge in [-0.1, -0.05) is 24.3 Å². The van der Waals surface area contributed by atoms with E-state index in [0.29, 0.717) is 41.7 Å². The van der Waals surface area contributed by atoms with Crippen molar-refractivity contribution in [1.29, 1.82) is 0 Å². The minimum Gasteiger partial charge on any atom is -0.493 e. The van der Waals surface area contributed by atoms with Crippen molar-refractivity contribution in [2.45, 2.75) is 6.42 Å². The molecular formula is C30H31N3O4. The number of ether oxygens (including phenoxy) is 3. The highest BCUT2D eigenvalue weighted by Gasteiger charge is 2.09. The first-order valence-electron chi connectivity index (χ1n) is 12.0. The third kappa shape index (κ3) is 6.58. The van der Waals surface area contributed by atoms with Crippen LogP contribution in [-0.2, 0) is 6.42 Å². The van der Waals surface area contributed by atoms with Gasteiger partial charge in [-0.25, -0.2) is 4.98 Å². The highest BCUT2D eigenvalue weighted by Crippen LogP contribution is 2.28. The van der Waals surface area contributed by atoms with Gasteiger partial charge in [0.25, 0.3) is 5.91 Å². The standard InChI is InChI=1S/C30H31N3O4/c1-33(2)25-14-12-22(13-15-25)30(34)31-24-8-5-7-23(20-24)26-9-6-10-29(32-26)37-18-17-21-11-16-27(35-3)28(19-21)36-4/h5-16,19-20H,17-18H2,1-4H3,(H,31,34). The van der Waals surface area contributed by atoms with Gasteiger partial charge in [0, 0.05) is 49.1 Å². The van der Waals surface area contributed by atoms with Gasteiger partial charge in [0.1, 0.15) is 0 Å². The number of carbonyl (C=O) groups excluding carboxylic acids is 1. The number of hydrogen-bond donors (Lipinski definition) is 1. The van der Waals surface area contributed by atoms with E-state index in [9.17, 15) is 4.79 Å². The van der Waals surface area contributed by atoms with E-state index in [1.165, 1.54) is 0 Å². The van der Waals surface area contributed by atoms with Crippen molar-refractivity contribution in [1.82, 2.24) is 4.98 Å². The predicted molar refractivity (Wildman–Crippen MR) is 147 cm³/mol. The molecule has 7 heteroatoms. The summed E-state index contributed by atoms with van der Waals surface area (Å²) in [6.45, 7) is 0.467. The maximum atomic E-state index is 12.7. The molecule has 0 bridgehead atoms. The van der Waals surface area contributed by atoms with Crippen molar-refractivity contribution in [3.63, 3.8) is 0 Å². The molecule has 1 aromatic heterocycles. The Morgan fingerprint density at radius 1 is 0.865 bits per heavy atom. The van der Waals surface area contributed by atoms with E-state index in [2.05, 4.69) is 10.3 Å². The molecule has 4 rings (SSSR count). The molecule has 0 spiro atoms. The van der Waals surface area contributed by atoms with E-state index in [-0.39, 0.29) is 5.91 Å². The van der Waals surface area contributed by atoms with Gasteiger partial charge in [-0.15, -0.1) is 0 Å². The molecule has 0 radical (unpaired) electrons. The Bertz CT molecular complexity index is 1350. The van der Waals surface area contributed by atoms with Crippen LogP contribution in [0.4, 0.5) is 11.4 Å². The maximum absolute atomic E-state index is 12.7. The molecule has 0 aliphatic carbocycles. The number of amides is 1. The van der Waals surface area contributed by atoms with Gasteiger partial charge in [-0.05, 0) is 60.2 Å². The van der Waals surface area contributed by atoms with Crippen LogP contribution >= 0.6 is 0 Å². The van der Waals surface area contributed by atoms with E-state index < -0.39 is 0 Å². The summed E-state index contributed by atoms with van der Waals surface area (Å²) in [5, 5.41) is 2.97. The molecule has 7 nitrogen and oxygen atoms in total. The number of pyridine rings is 1. The van der Waals surface area contributed by atoms with Crippen LogP contribution in [0.2, 0.25) is 0 Å². The predicted octanol–water partition coefficient (Wildman–Crippen LogP) is 5.71. The third-order valence-corrected chi connectivity index (χ3v) is 5.87. The molecule has 0 saturated carbocycles. The van der Waals surface area contributed by atoms with Crippen molar-refractivity contribution < 1.29 is 19.0 Å². The number of hydrogen-bond acceptors (Lipinski definition) is 6. The highest BCUT2D eigenvalue weighted by molar-refractivity contribution is 6.04. The zero-order valence-corrected chi connectivity index (χ0v) is 21.5. The van der Waals surface area contributed by atoms with E-state index in [0.717, 1.165) is 22.5 Å².